The number of aromatic nitrogens is 4. The van der Waals surface area contributed by atoms with Gasteiger partial charge in [0.2, 0.25) is 5.65 Å². The van der Waals surface area contributed by atoms with Crippen LogP contribution in [-0.4, -0.2) is 32.2 Å². The van der Waals surface area contributed by atoms with Crippen LogP contribution in [0.5, 0.6) is 0 Å². The van der Waals surface area contributed by atoms with Crippen LogP contribution in [0.1, 0.15) is 32.0 Å². The van der Waals surface area contributed by atoms with Gasteiger partial charge in [-0.25, -0.2) is 4.98 Å². The normalized spacial score (nSPS) is 19.5. The summed E-state index contributed by atoms with van der Waals surface area (Å²) in [7, 11) is 0. The summed E-state index contributed by atoms with van der Waals surface area (Å²) >= 11 is 0. The van der Waals surface area contributed by atoms with E-state index in [-0.39, 0.29) is 0 Å². The zero-order chi connectivity index (χ0) is 14.4. The molecule has 1 saturated heterocycles. The number of anilines is 1. The number of nitrogens with zero attached hydrogens (tertiary/aromatic N) is 5. The van der Waals surface area contributed by atoms with E-state index in [1.165, 1.54) is 19.3 Å². The summed E-state index contributed by atoms with van der Waals surface area (Å²) in [4.78, 5) is 7.28. The van der Waals surface area contributed by atoms with E-state index in [1.54, 1.807) is 0 Å². The van der Waals surface area contributed by atoms with Crippen LogP contribution in [0.15, 0.2) is 24.3 Å². The van der Waals surface area contributed by atoms with Gasteiger partial charge in [0.15, 0.2) is 5.82 Å². The molecule has 5 nitrogen and oxygen atoms in total. The van der Waals surface area contributed by atoms with Crippen molar-refractivity contribution < 1.29 is 0 Å². The summed E-state index contributed by atoms with van der Waals surface area (Å²) in [5.41, 5.74) is 2.95. The molecule has 0 radical (unpaired) electrons. The second-order valence-electron chi connectivity index (χ2n) is 5.87. The molecule has 0 aliphatic carbocycles. The molecule has 0 bridgehead atoms. The third kappa shape index (κ3) is 1.87. The molecule has 1 aliphatic rings. The highest BCUT2D eigenvalue weighted by Gasteiger charge is 2.24. The predicted octanol–water partition coefficient (Wildman–Crippen LogP) is 2.96. The lowest BCUT2D eigenvalue weighted by atomic mass is 10.0. The van der Waals surface area contributed by atoms with Crippen molar-refractivity contribution in [2.75, 3.05) is 11.4 Å². The molecular formula is C16H19N5. The summed E-state index contributed by atoms with van der Waals surface area (Å²) < 4.78 is 2.12. The van der Waals surface area contributed by atoms with Gasteiger partial charge in [-0.1, -0.05) is 12.1 Å². The lowest BCUT2D eigenvalue weighted by Gasteiger charge is -2.34. The van der Waals surface area contributed by atoms with Gasteiger partial charge >= 0.3 is 0 Å². The predicted molar refractivity (Wildman–Crippen MR) is 83.7 cm³/mol. The third-order valence-electron chi connectivity index (χ3n) is 4.45. The van der Waals surface area contributed by atoms with E-state index in [0.29, 0.717) is 6.04 Å². The lowest BCUT2D eigenvalue weighted by Crippen LogP contribution is -2.38. The molecule has 0 amide bonds. The van der Waals surface area contributed by atoms with Crippen molar-refractivity contribution in [3.63, 3.8) is 0 Å². The average Bonchev–Trinajstić information content (AvgIpc) is 2.90. The van der Waals surface area contributed by atoms with Gasteiger partial charge in [-0.15, -0.1) is 10.2 Å². The Bertz CT molecular complexity index is 807. The minimum Gasteiger partial charge on any atom is -0.351 e. The molecule has 0 saturated carbocycles. The van der Waals surface area contributed by atoms with Gasteiger partial charge in [-0.3, -0.25) is 4.40 Å². The molecule has 5 heteroatoms. The number of piperidine rings is 1. The molecule has 0 N–H and O–H groups in total. The van der Waals surface area contributed by atoms with Crippen LogP contribution in [0.25, 0.3) is 16.7 Å². The Morgan fingerprint density at radius 1 is 1.14 bits per heavy atom. The number of hydrogen-bond donors (Lipinski definition) is 0. The second kappa shape index (κ2) is 4.69. The van der Waals surface area contributed by atoms with Gasteiger partial charge in [-0.05, 0) is 45.2 Å². The molecule has 108 valence electrons. The topological polar surface area (TPSA) is 46.3 Å². The summed E-state index contributed by atoms with van der Waals surface area (Å²) in [6.07, 6.45) is 3.74. The second-order valence-corrected chi connectivity index (χ2v) is 5.87. The van der Waals surface area contributed by atoms with Crippen molar-refractivity contribution in [3.05, 3.63) is 30.1 Å². The van der Waals surface area contributed by atoms with Crippen molar-refractivity contribution in [1.82, 2.24) is 19.6 Å². The third-order valence-corrected chi connectivity index (χ3v) is 4.45. The maximum Gasteiger partial charge on any atom is 0.204 e. The molecule has 1 aromatic carbocycles. The van der Waals surface area contributed by atoms with Crippen molar-refractivity contribution in [1.29, 1.82) is 0 Å². The number of para-hydroxylation sites is 2. The smallest absolute Gasteiger partial charge is 0.204 e. The van der Waals surface area contributed by atoms with Crippen LogP contribution < -0.4 is 4.90 Å². The number of aryl methyl sites for hydroxylation is 1. The van der Waals surface area contributed by atoms with E-state index in [9.17, 15) is 0 Å². The van der Waals surface area contributed by atoms with Crippen LogP contribution in [0.4, 0.5) is 5.82 Å². The molecule has 21 heavy (non-hydrogen) atoms. The highest BCUT2D eigenvalue weighted by atomic mass is 15.3. The summed E-state index contributed by atoms with van der Waals surface area (Å²) in [5.74, 6) is 1.89. The fraction of sp³-hybridized carbons (Fsp3) is 0.438. The Balaban J connectivity index is 2.03. The minimum absolute atomic E-state index is 0.508. The van der Waals surface area contributed by atoms with Crippen LogP contribution in [0, 0.1) is 6.92 Å². The molecule has 3 heterocycles. The van der Waals surface area contributed by atoms with Crippen molar-refractivity contribution in [2.24, 2.45) is 0 Å². The number of benzene rings is 1. The van der Waals surface area contributed by atoms with E-state index in [4.69, 9.17) is 4.98 Å². The molecule has 2 aromatic heterocycles. The lowest BCUT2D eigenvalue weighted by molar-refractivity contribution is 0.482. The van der Waals surface area contributed by atoms with Gasteiger partial charge in [0.25, 0.3) is 0 Å². The largest absolute Gasteiger partial charge is 0.351 e. The van der Waals surface area contributed by atoms with Crippen LogP contribution in [0.2, 0.25) is 0 Å². The van der Waals surface area contributed by atoms with E-state index >= 15 is 0 Å². The summed E-state index contributed by atoms with van der Waals surface area (Å²) in [5, 5.41) is 8.66. The summed E-state index contributed by atoms with van der Waals surface area (Å²) in [6, 6.07) is 8.71. The van der Waals surface area contributed by atoms with Gasteiger partial charge in [0, 0.05) is 12.6 Å². The highest BCUT2D eigenvalue weighted by molar-refractivity contribution is 5.83. The van der Waals surface area contributed by atoms with Crippen molar-refractivity contribution in [2.45, 2.75) is 39.2 Å². The van der Waals surface area contributed by atoms with Crippen molar-refractivity contribution >= 4 is 22.5 Å². The molecule has 0 spiro atoms. The van der Waals surface area contributed by atoms with Crippen LogP contribution in [0.3, 0.4) is 0 Å². The average molecular weight is 281 g/mol. The van der Waals surface area contributed by atoms with Crippen molar-refractivity contribution in [3.8, 4) is 0 Å². The number of fused-ring (bicyclic) bond motifs is 3. The van der Waals surface area contributed by atoms with Crippen LogP contribution >= 0.6 is 0 Å². The highest BCUT2D eigenvalue weighted by Crippen LogP contribution is 2.29. The van der Waals surface area contributed by atoms with E-state index < -0.39 is 0 Å². The monoisotopic (exact) mass is 281 g/mol. The first-order chi connectivity index (χ1) is 10.3. The van der Waals surface area contributed by atoms with Crippen LogP contribution in [-0.2, 0) is 0 Å². The molecule has 1 aliphatic heterocycles. The first-order valence-corrected chi connectivity index (χ1v) is 7.63. The molecule has 1 fully saturated rings. The number of rotatable bonds is 1. The fourth-order valence-corrected chi connectivity index (χ4v) is 3.31. The Labute approximate surface area is 123 Å². The minimum atomic E-state index is 0.508. The zero-order valence-corrected chi connectivity index (χ0v) is 12.5. The Hall–Kier alpha value is -2.17. The molecule has 1 atom stereocenters. The first kappa shape index (κ1) is 12.6. The zero-order valence-electron chi connectivity index (χ0n) is 12.5. The van der Waals surface area contributed by atoms with Gasteiger partial charge in [0.05, 0.1) is 11.0 Å². The standard InChI is InChI=1S/C16H19N5/c1-11-7-5-6-10-20(11)15-16-19-18-12(2)21(16)14-9-4-3-8-13(14)17-15/h3-4,8-9,11H,5-7,10H2,1-2H3/t11-/m1/s1. The molecule has 3 aromatic rings. The molecular weight excluding hydrogens is 262 g/mol. The van der Waals surface area contributed by atoms with Gasteiger partial charge < -0.3 is 4.90 Å². The maximum atomic E-state index is 4.89. The fourth-order valence-electron chi connectivity index (χ4n) is 3.31. The Morgan fingerprint density at radius 2 is 2.00 bits per heavy atom. The molecule has 4 rings (SSSR count). The van der Waals surface area contributed by atoms with E-state index in [1.807, 2.05) is 19.1 Å². The van der Waals surface area contributed by atoms with Gasteiger partial charge in [-0.2, -0.15) is 0 Å². The first-order valence-electron chi connectivity index (χ1n) is 7.63. The SMILES string of the molecule is Cc1nnc2c(N3CCCC[C@H]3C)nc3ccccc3n12. The van der Waals surface area contributed by atoms with E-state index in [2.05, 4.69) is 38.6 Å². The summed E-state index contributed by atoms with van der Waals surface area (Å²) in [6.45, 7) is 5.32. The number of hydrogen-bond acceptors (Lipinski definition) is 4. The Kier molecular flexibility index (Phi) is 2.80. The quantitative estimate of drug-likeness (QED) is 0.688. The maximum absolute atomic E-state index is 4.89. The Morgan fingerprint density at radius 3 is 2.86 bits per heavy atom. The van der Waals surface area contributed by atoms with Gasteiger partial charge in [0.1, 0.15) is 5.82 Å². The van der Waals surface area contributed by atoms with E-state index in [0.717, 1.165) is 34.9 Å². The molecule has 0 unspecified atom stereocenters.